The number of carbonyl (C=O) groups is 2. The highest BCUT2D eigenvalue weighted by molar-refractivity contribution is 6.06. The smallest absolute Gasteiger partial charge is 0.339 e. The number of fused-ring (bicyclic) bond motifs is 2. The van der Waals surface area contributed by atoms with Crippen molar-refractivity contribution in [3.8, 4) is 0 Å². The standard InChI is InChI=1S/C24H24N2O3/c1-3-19-16(2)23(18-11-5-6-12-20(18)25-19)24(28)29-15-22(27)26-14-8-10-17-9-4-7-13-21(17)26/h4-7,9,11-13H,3,8,10,14-15H2,1-2H3. The second-order valence-electron chi connectivity index (χ2n) is 7.28. The van der Waals surface area contributed by atoms with Crippen LogP contribution < -0.4 is 4.90 Å². The van der Waals surface area contributed by atoms with Gasteiger partial charge in [0.1, 0.15) is 0 Å². The molecule has 0 aliphatic carbocycles. The fraction of sp³-hybridized carbons (Fsp3) is 0.292. The molecule has 2 heterocycles. The molecule has 5 nitrogen and oxygen atoms in total. The van der Waals surface area contributed by atoms with Gasteiger partial charge in [-0.05, 0) is 49.4 Å². The molecule has 1 aliphatic heterocycles. The van der Waals surface area contributed by atoms with Crippen LogP contribution in [0.15, 0.2) is 48.5 Å². The van der Waals surface area contributed by atoms with Crippen molar-refractivity contribution < 1.29 is 14.3 Å². The zero-order valence-corrected chi connectivity index (χ0v) is 16.8. The maximum absolute atomic E-state index is 13.0. The lowest BCUT2D eigenvalue weighted by atomic mass is 10.0. The zero-order valence-electron chi connectivity index (χ0n) is 16.8. The number of pyridine rings is 1. The van der Waals surface area contributed by atoms with Gasteiger partial charge in [0.05, 0.1) is 11.1 Å². The Bertz CT molecular complexity index is 1090. The van der Waals surface area contributed by atoms with Crippen LogP contribution in [-0.4, -0.2) is 30.0 Å². The van der Waals surface area contributed by atoms with Crippen LogP contribution in [0.4, 0.5) is 5.69 Å². The van der Waals surface area contributed by atoms with Crippen LogP contribution in [0.3, 0.4) is 0 Å². The van der Waals surface area contributed by atoms with Gasteiger partial charge in [0, 0.05) is 23.3 Å². The summed E-state index contributed by atoms with van der Waals surface area (Å²) < 4.78 is 5.49. The minimum absolute atomic E-state index is 0.197. The molecule has 0 unspecified atom stereocenters. The van der Waals surface area contributed by atoms with E-state index in [1.807, 2.05) is 62.4 Å². The Morgan fingerprint density at radius 2 is 1.86 bits per heavy atom. The predicted molar refractivity (Wildman–Crippen MR) is 113 cm³/mol. The van der Waals surface area contributed by atoms with Gasteiger partial charge in [0.2, 0.25) is 0 Å². The monoisotopic (exact) mass is 388 g/mol. The van der Waals surface area contributed by atoms with E-state index in [1.165, 1.54) is 0 Å². The third-order valence-corrected chi connectivity index (χ3v) is 5.51. The quantitative estimate of drug-likeness (QED) is 0.627. The van der Waals surface area contributed by atoms with Crippen LogP contribution in [0.2, 0.25) is 0 Å². The lowest BCUT2D eigenvalue weighted by Crippen LogP contribution is -2.38. The average Bonchev–Trinajstić information content (AvgIpc) is 2.76. The Hall–Kier alpha value is -3.21. The zero-order chi connectivity index (χ0) is 20.4. The third-order valence-electron chi connectivity index (χ3n) is 5.51. The number of para-hydroxylation sites is 2. The molecule has 29 heavy (non-hydrogen) atoms. The largest absolute Gasteiger partial charge is 0.452 e. The second kappa shape index (κ2) is 8.03. The summed E-state index contributed by atoms with van der Waals surface area (Å²) in [5.41, 5.74) is 5.01. The molecular weight excluding hydrogens is 364 g/mol. The molecule has 2 aromatic carbocycles. The summed E-state index contributed by atoms with van der Waals surface area (Å²) in [7, 11) is 0. The molecule has 4 rings (SSSR count). The first kappa shape index (κ1) is 19.1. The van der Waals surface area contributed by atoms with E-state index in [9.17, 15) is 9.59 Å². The van der Waals surface area contributed by atoms with Gasteiger partial charge in [-0.1, -0.05) is 43.3 Å². The third kappa shape index (κ3) is 3.60. The average molecular weight is 388 g/mol. The maximum Gasteiger partial charge on any atom is 0.339 e. The number of ether oxygens (including phenoxy) is 1. The minimum atomic E-state index is -0.477. The van der Waals surface area contributed by atoms with Crippen LogP contribution in [0, 0.1) is 6.92 Å². The van der Waals surface area contributed by atoms with Crippen molar-refractivity contribution in [1.29, 1.82) is 0 Å². The number of anilines is 1. The van der Waals surface area contributed by atoms with E-state index in [1.54, 1.807) is 4.90 Å². The Kier molecular flexibility index (Phi) is 5.30. The van der Waals surface area contributed by atoms with Crippen molar-refractivity contribution in [2.45, 2.75) is 33.1 Å². The van der Waals surface area contributed by atoms with Gasteiger partial charge in [0.15, 0.2) is 6.61 Å². The summed E-state index contributed by atoms with van der Waals surface area (Å²) in [4.78, 5) is 32.1. The molecule has 0 fully saturated rings. The molecule has 0 radical (unpaired) electrons. The van der Waals surface area contributed by atoms with Crippen LogP contribution >= 0.6 is 0 Å². The van der Waals surface area contributed by atoms with E-state index in [2.05, 4.69) is 4.98 Å². The summed E-state index contributed by atoms with van der Waals surface area (Å²) in [6, 6.07) is 15.4. The topological polar surface area (TPSA) is 59.5 Å². The first-order valence-electron chi connectivity index (χ1n) is 10.0. The number of benzene rings is 2. The Labute approximate surface area is 170 Å². The number of nitrogens with zero attached hydrogens (tertiary/aromatic N) is 2. The lowest BCUT2D eigenvalue weighted by molar-refractivity contribution is -0.121. The number of hydrogen-bond acceptors (Lipinski definition) is 4. The molecule has 5 heteroatoms. The number of esters is 1. The highest BCUT2D eigenvalue weighted by Crippen LogP contribution is 2.27. The Morgan fingerprint density at radius 1 is 1.10 bits per heavy atom. The molecule has 0 saturated heterocycles. The fourth-order valence-corrected chi connectivity index (χ4v) is 4.04. The second-order valence-corrected chi connectivity index (χ2v) is 7.28. The highest BCUT2D eigenvalue weighted by atomic mass is 16.5. The Balaban J connectivity index is 1.57. The first-order valence-corrected chi connectivity index (χ1v) is 10.0. The summed E-state index contributed by atoms with van der Waals surface area (Å²) >= 11 is 0. The van der Waals surface area contributed by atoms with E-state index in [-0.39, 0.29) is 12.5 Å². The summed E-state index contributed by atoms with van der Waals surface area (Å²) in [5, 5.41) is 0.753. The molecule has 0 atom stereocenters. The summed E-state index contributed by atoms with van der Waals surface area (Å²) in [6.45, 7) is 4.27. The van der Waals surface area contributed by atoms with Gasteiger partial charge >= 0.3 is 5.97 Å². The van der Waals surface area contributed by atoms with Crippen molar-refractivity contribution in [3.05, 3.63) is 70.9 Å². The van der Waals surface area contributed by atoms with Gasteiger partial charge in [-0.25, -0.2) is 4.79 Å². The van der Waals surface area contributed by atoms with Gasteiger partial charge in [-0.15, -0.1) is 0 Å². The van der Waals surface area contributed by atoms with Crippen LogP contribution in [0.5, 0.6) is 0 Å². The predicted octanol–water partition coefficient (Wildman–Crippen LogP) is 4.24. The summed E-state index contributed by atoms with van der Waals surface area (Å²) in [6.07, 6.45) is 2.59. The molecular formula is C24H24N2O3. The van der Waals surface area contributed by atoms with E-state index in [0.717, 1.165) is 52.7 Å². The van der Waals surface area contributed by atoms with Crippen LogP contribution in [0.1, 0.15) is 40.5 Å². The molecule has 0 spiro atoms. The molecule has 0 N–H and O–H groups in total. The van der Waals surface area contributed by atoms with Crippen molar-refractivity contribution >= 4 is 28.5 Å². The number of rotatable bonds is 4. The number of hydrogen-bond donors (Lipinski definition) is 0. The van der Waals surface area contributed by atoms with Gasteiger partial charge < -0.3 is 9.64 Å². The van der Waals surface area contributed by atoms with Crippen molar-refractivity contribution in [2.24, 2.45) is 0 Å². The van der Waals surface area contributed by atoms with E-state index < -0.39 is 5.97 Å². The van der Waals surface area contributed by atoms with Crippen LogP contribution in [0.25, 0.3) is 10.9 Å². The normalized spacial score (nSPS) is 13.2. The van der Waals surface area contributed by atoms with E-state index in [4.69, 9.17) is 4.74 Å². The molecule has 0 saturated carbocycles. The van der Waals surface area contributed by atoms with Crippen molar-refractivity contribution in [2.75, 3.05) is 18.1 Å². The first-order chi connectivity index (χ1) is 14.1. The molecule has 0 bridgehead atoms. The minimum Gasteiger partial charge on any atom is -0.452 e. The Morgan fingerprint density at radius 3 is 2.69 bits per heavy atom. The van der Waals surface area contributed by atoms with Crippen LogP contribution in [-0.2, 0) is 22.4 Å². The number of aryl methyl sites for hydroxylation is 2. The molecule has 3 aromatic rings. The molecule has 148 valence electrons. The maximum atomic E-state index is 13.0. The van der Waals surface area contributed by atoms with Gasteiger partial charge in [-0.3, -0.25) is 9.78 Å². The molecule has 1 aliphatic rings. The number of amides is 1. The fourth-order valence-electron chi connectivity index (χ4n) is 4.04. The highest BCUT2D eigenvalue weighted by Gasteiger charge is 2.24. The summed E-state index contributed by atoms with van der Waals surface area (Å²) in [5.74, 6) is -0.674. The molecule has 1 amide bonds. The van der Waals surface area contributed by atoms with Crippen molar-refractivity contribution in [3.63, 3.8) is 0 Å². The van der Waals surface area contributed by atoms with E-state index in [0.29, 0.717) is 12.1 Å². The number of aromatic nitrogens is 1. The van der Waals surface area contributed by atoms with Gasteiger partial charge in [-0.2, -0.15) is 0 Å². The van der Waals surface area contributed by atoms with E-state index >= 15 is 0 Å². The lowest BCUT2D eigenvalue weighted by Gasteiger charge is -2.29. The number of carbonyl (C=O) groups excluding carboxylic acids is 2. The molecule has 1 aromatic heterocycles. The SMILES string of the molecule is CCc1nc2ccccc2c(C(=O)OCC(=O)N2CCCc3ccccc32)c1C. The van der Waals surface area contributed by atoms with Crippen molar-refractivity contribution in [1.82, 2.24) is 4.98 Å². The van der Waals surface area contributed by atoms with Gasteiger partial charge in [0.25, 0.3) is 5.91 Å².